The van der Waals surface area contributed by atoms with Gasteiger partial charge in [-0.1, -0.05) is 6.92 Å². The maximum Gasteiger partial charge on any atom is 0.338 e. The van der Waals surface area contributed by atoms with Crippen molar-refractivity contribution in [3.05, 3.63) is 17.2 Å². The van der Waals surface area contributed by atoms with E-state index in [1.165, 1.54) is 14.2 Å². The predicted octanol–water partition coefficient (Wildman–Crippen LogP) is 1.77. The van der Waals surface area contributed by atoms with Crippen LogP contribution in [-0.2, 0) is 11.2 Å². The number of methoxy groups -OCH3 is 2. The van der Waals surface area contributed by atoms with Crippen LogP contribution in [0.2, 0.25) is 0 Å². The Morgan fingerprint density at radius 2 is 2.06 bits per heavy atom. The predicted molar refractivity (Wildman–Crippen MR) is 59.8 cm³/mol. The lowest BCUT2D eigenvalue weighted by molar-refractivity contribution is 0.0598. The summed E-state index contributed by atoms with van der Waals surface area (Å²) in [6, 6.07) is 1.62. The number of fused-ring (bicyclic) bond motifs is 1. The van der Waals surface area contributed by atoms with Crippen LogP contribution in [0, 0.1) is 0 Å². The van der Waals surface area contributed by atoms with Crippen molar-refractivity contribution in [1.29, 1.82) is 0 Å². The molecule has 1 heterocycles. The van der Waals surface area contributed by atoms with Gasteiger partial charge >= 0.3 is 5.97 Å². The molecule has 2 rings (SSSR count). The second-order valence-corrected chi connectivity index (χ2v) is 3.51. The first-order valence-corrected chi connectivity index (χ1v) is 5.30. The first-order chi connectivity index (χ1) is 8.22. The van der Waals surface area contributed by atoms with Gasteiger partial charge in [0.05, 0.1) is 19.8 Å². The highest BCUT2D eigenvalue weighted by atomic mass is 16.7. The number of rotatable bonds is 3. The van der Waals surface area contributed by atoms with E-state index in [2.05, 4.69) is 0 Å². The average molecular weight is 238 g/mol. The zero-order valence-electron chi connectivity index (χ0n) is 10.0. The molecule has 0 radical (unpaired) electrons. The summed E-state index contributed by atoms with van der Waals surface area (Å²) < 4.78 is 20.6. The van der Waals surface area contributed by atoms with Gasteiger partial charge in [-0.15, -0.1) is 0 Å². The molecule has 0 atom stereocenters. The lowest BCUT2D eigenvalue weighted by atomic mass is 10.0. The fourth-order valence-corrected chi connectivity index (χ4v) is 1.89. The van der Waals surface area contributed by atoms with Gasteiger partial charge in [0, 0.05) is 5.56 Å². The van der Waals surface area contributed by atoms with Gasteiger partial charge < -0.3 is 18.9 Å². The lowest BCUT2D eigenvalue weighted by Crippen LogP contribution is -2.06. The molecule has 0 saturated heterocycles. The summed E-state index contributed by atoms with van der Waals surface area (Å²) in [5.41, 5.74) is 1.24. The van der Waals surface area contributed by atoms with E-state index in [0.29, 0.717) is 29.2 Å². The first-order valence-electron chi connectivity index (χ1n) is 5.30. The quantitative estimate of drug-likeness (QED) is 0.751. The summed E-state index contributed by atoms with van der Waals surface area (Å²) in [5, 5.41) is 0. The number of hydrogen-bond donors (Lipinski definition) is 0. The SMILES string of the molecule is CCc1c(C(=O)OC)cc(OC)c2c1OCO2. The van der Waals surface area contributed by atoms with Gasteiger partial charge in [0.1, 0.15) is 0 Å². The van der Waals surface area contributed by atoms with Gasteiger partial charge in [0.15, 0.2) is 11.5 Å². The third-order valence-corrected chi connectivity index (χ3v) is 2.69. The Labute approximate surface area is 99.2 Å². The molecule has 0 bridgehead atoms. The molecule has 0 aliphatic carbocycles. The van der Waals surface area contributed by atoms with E-state index in [9.17, 15) is 4.79 Å². The average Bonchev–Trinajstić information content (AvgIpc) is 2.84. The number of benzene rings is 1. The normalized spacial score (nSPS) is 12.4. The van der Waals surface area contributed by atoms with Crippen molar-refractivity contribution in [2.24, 2.45) is 0 Å². The molecular weight excluding hydrogens is 224 g/mol. The molecule has 1 aliphatic rings. The standard InChI is InChI=1S/C12H14O5/c1-4-7-8(12(13)15-3)5-9(14-2)11-10(7)16-6-17-11/h5H,4,6H2,1-3H3. The van der Waals surface area contributed by atoms with Gasteiger partial charge in [-0.2, -0.15) is 0 Å². The maximum absolute atomic E-state index is 11.7. The molecule has 0 spiro atoms. The number of carbonyl (C=O) groups excluding carboxylic acids is 1. The van der Waals surface area contributed by atoms with Crippen LogP contribution in [0.25, 0.3) is 0 Å². The van der Waals surface area contributed by atoms with E-state index in [-0.39, 0.29) is 6.79 Å². The van der Waals surface area contributed by atoms with Crippen molar-refractivity contribution in [2.75, 3.05) is 21.0 Å². The molecule has 0 N–H and O–H groups in total. The molecule has 1 aliphatic heterocycles. The van der Waals surface area contributed by atoms with Crippen LogP contribution < -0.4 is 14.2 Å². The second-order valence-electron chi connectivity index (χ2n) is 3.51. The van der Waals surface area contributed by atoms with E-state index in [1.807, 2.05) is 6.92 Å². The molecule has 5 heteroatoms. The van der Waals surface area contributed by atoms with Crippen molar-refractivity contribution < 1.29 is 23.7 Å². The molecule has 5 nitrogen and oxygen atoms in total. The Morgan fingerprint density at radius 1 is 1.35 bits per heavy atom. The topological polar surface area (TPSA) is 54.0 Å². The van der Waals surface area contributed by atoms with Crippen LogP contribution in [0.15, 0.2) is 6.07 Å². The number of hydrogen-bond acceptors (Lipinski definition) is 5. The summed E-state index contributed by atoms with van der Waals surface area (Å²) in [4.78, 5) is 11.7. The fourth-order valence-electron chi connectivity index (χ4n) is 1.89. The molecule has 0 saturated carbocycles. The highest BCUT2D eigenvalue weighted by molar-refractivity contribution is 5.93. The third-order valence-electron chi connectivity index (χ3n) is 2.69. The van der Waals surface area contributed by atoms with Gasteiger partial charge in [0.2, 0.25) is 12.5 Å². The van der Waals surface area contributed by atoms with Gasteiger partial charge in [0.25, 0.3) is 0 Å². The van der Waals surface area contributed by atoms with E-state index in [1.54, 1.807) is 6.07 Å². The largest absolute Gasteiger partial charge is 0.493 e. The lowest BCUT2D eigenvalue weighted by Gasteiger charge is -2.12. The molecule has 0 amide bonds. The Morgan fingerprint density at radius 3 is 2.65 bits per heavy atom. The Hall–Kier alpha value is -1.91. The van der Waals surface area contributed by atoms with Gasteiger partial charge in [-0.25, -0.2) is 4.79 Å². The van der Waals surface area contributed by atoms with Crippen LogP contribution in [-0.4, -0.2) is 27.0 Å². The third kappa shape index (κ3) is 1.77. The minimum Gasteiger partial charge on any atom is -0.493 e. The maximum atomic E-state index is 11.7. The zero-order chi connectivity index (χ0) is 12.4. The van der Waals surface area contributed by atoms with Crippen molar-refractivity contribution >= 4 is 5.97 Å². The van der Waals surface area contributed by atoms with Gasteiger partial charge in [-0.05, 0) is 12.5 Å². The molecule has 92 valence electrons. The summed E-state index contributed by atoms with van der Waals surface area (Å²) in [5.74, 6) is 1.21. The summed E-state index contributed by atoms with van der Waals surface area (Å²) in [6.45, 7) is 2.08. The molecule has 1 aromatic carbocycles. The molecule has 0 fully saturated rings. The Balaban J connectivity index is 2.63. The fraction of sp³-hybridized carbons (Fsp3) is 0.417. The van der Waals surface area contributed by atoms with Crippen LogP contribution in [0.5, 0.6) is 17.2 Å². The number of carbonyl (C=O) groups is 1. The molecule has 17 heavy (non-hydrogen) atoms. The smallest absolute Gasteiger partial charge is 0.338 e. The van der Waals surface area contributed by atoms with E-state index in [0.717, 1.165) is 5.56 Å². The van der Waals surface area contributed by atoms with Crippen LogP contribution in [0.4, 0.5) is 0 Å². The van der Waals surface area contributed by atoms with Crippen LogP contribution in [0.1, 0.15) is 22.8 Å². The van der Waals surface area contributed by atoms with Crippen molar-refractivity contribution in [2.45, 2.75) is 13.3 Å². The second kappa shape index (κ2) is 4.53. The molecule has 0 unspecified atom stereocenters. The minimum absolute atomic E-state index is 0.142. The summed E-state index contributed by atoms with van der Waals surface area (Å²) in [6.07, 6.45) is 0.653. The zero-order valence-corrected chi connectivity index (χ0v) is 10.0. The summed E-state index contributed by atoms with van der Waals surface area (Å²) >= 11 is 0. The van der Waals surface area contributed by atoms with Crippen LogP contribution >= 0.6 is 0 Å². The number of esters is 1. The highest BCUT2D eigenvalue weighted by Crippen LogP contribution is 2.45. The van der Waals surface area contributed by atoms with Crippen molar-refractivity contribution in [1.82, 2.24) is 0 Å². The summed E-state index contributed by atoms with van der Waals surface area (Å²) in [7, 11) is 2.86. The van der Waals surface area contributed by atoms with Crippen molar-refractivity contribution in [3.8, 4) is 17.2 Å². The Kier molecular flexibility index (Phi) is 3.08. The monoisotopic (exact) mass is 238 g/mol. The molecule has 1 aromatic rings. The van der Waals surface area contributed by atoms with Crippen molar-refractivity contribution in [3.63, 3.8) is 0 Å². The van der Waals surface area contributed by atoms with Crippen LogP contribution in [0.3, 0.4) is 0 Å². The van der Waals surface area contributed by atoms with E-state index in [4.69, 9.17) is 18.9 Å². The van der Waals surface area contributed by atoms with E-state index < -0.39 is 5.97 Å². The molecule has 0 aromatic heterocycles. The highest BCUT2D eigenvalue weighted by Gasteiger charge is 2.27. The van der Waals surface area contributed by atoms with E-state index >= 15 is 0 Å². The Bertz CT molecular complexity index is 453. The first kappa shape index (κ1) is 11.6. The van der Waals surface area contributed by atoms with Gasteiger partial charge in [-0.3, -0.25) is 0 Å². The molecular formula is C12H14O5. The minimum atomic E-state index is -0.404. The number of ether oxygens (including phenoxy) is 4.